The number of rotatable bonds is 6. The van der Waals surface area contributed by atoms with Crippen LogP contribution in [-0.4, -0.2) is 36.5 Å². The fourth-order valence-electron chi connectivity index (χ4n) is 3.65. The average Bonchev–Trinajstić information content (AvgIpc) is 3.44. The zero-order chi connectivity index (χ0) is 23.6. The van der Waals surface area contributed by atoms with Crippen LogP contribution in [0.15, 0.2) is 64.6 Å². The number of carbonyl (C=O) groups excluding carboxylic acids is 1. The molecule has 0 saturated heterocycles. The number of hydrogen-bond donors (Lipinski definition) is 2. The minimum absolute atomic E-state index is 0.0287. The third kappa shape index (κ3) is 4.95. The maximum Gasteiger partial charge on any atom is 0.262 e. The molecule has 0 spiro atoms. The van der Waals surface area contributed by atoms with E-state index in [-0.39, 0.29) is 16.6 Å². The van der Waals surface area contributed by atoms with Gasteiger partial charge in [0.25, 0.3) is 15.9 Å². The summed E-state index contributed by atoms with van der Waals surface area (Å²) in [5.74, 6) is -0.394. The zero-order valence-corrected chi connectivity index (χ0v) is 19.1. The second-order valence-corrected chi connectivity index (χ2v) is 9.69. The Labute approximate surface area is 191 Å². The molecule has 0 fully saturated rings. The smallest absolute Gasteiger partial charge is 0.262 e. The van der Waals surface area contributed by atoms with Crippen LogP contribution in [0.1, 0.15) is 48.7 Å². The van der Waals surface area contributed by atoms with Gasteiger partial charge in [0.05, 0.1) is 28.0 Å². The van der Waals surface area contributed by atoms with Gasteiger partial charge in [-0.1, -0.05) is 19.9 Å². The number of aliphatic imine (C=N–C) groups is 1. The summed E-state index contributed by atoms with van der Waals surface area (Å²) in [6.07, 6.45) is 2.86. The van der Waals surface area contributed by atoms with Crippen molar-refractivity contribution in [3.63, 3.8) is 0 Å². The molecule has 1 aromatic heterocycles. The minimum atomic E-state index is -3.80. The molecule has 33 heavy (non-hydrogen) atoms. The van der Waals surface area contributed by atoms with E-state index < -0.39 is 15.9 Å². The van der Waals surface area contributed by atoms with E-state index in [0.717, 1.165) is 6.42 Å². The fraction of sp³-hybridized carbons (Fsp3) is 0.261. The van der Waals surface area contributed by atoms with Gasteiger partial charge in [-0.25, -0.2) is 17.5 Å². The molecule has 0 radical (unpaired) electrons. The van der Waals surface area contributed by atoms with E-state index in [2.05, 4.69) is 20.1 Å². The molecule has 10 heteroatoms. The molecule has 0 saturated carbocycles. The van der Waals surface area contributed by atoms with Gasteiger partial charge in [0.1, 0.15) is 11.7 Å². The van der Waals surface area contributed by atoms with Crippen LogP contribution >= 0.6 is 0 Å². The van der Waals surface area contributed by atoms with Crippen LogP contribution in [0.3, 0.4) is 0 Å². The molecule has 1 aliphatic rings. The summed E-state index contributed by atoms with van der Waals surface area (Å²) < 4.78 is 42.8. The highest BCUT2D eigenvalue weighted by Crippen LogP contribution is 2.25. The highest BCUT2D eigenvalue weighted by Gasteiger charge is 2.22. The van der Waals surface area contributed by atoms with E-state index in [1.807, 2.05) is 13.8 Å². The second kappa shape index (κ2) is 9.14. The maximum absolute atomic E-state index is 13.3. The molecule has 2 aromatic carbocycles. The first-order valence-corrected chi connectivity index (χ1v) is 12.0. The van der Waals surface area contributed by atoms with Crippen molar-refractivity contribution in [1.29, 1.82) is 0 Å². The maximum atomic E-state index is 13.3. The molecular formula is C23H24FN5O3S. The molecule has 3 aromatic rings. The normalized spacial score (nSPS) is 13.8. The summed E-state index contributed by atoms with van der Waals surface area (Å²) in [6.45, 7) is 4.47. The molecule has 2 heterocycles. The van der Waals surface area contributed by atoms with Gasteiger partial charge >= 0.3 is 0 Å². The Hall–Kier alpha value is -3.53. The number of halogens is 1. The van der Waals surface area contributed by atoms with Gasteiger partial charge < -0.3 is 5.32 Å². The van der Waals surface area contributed by atoms with Crippen molar-refractivity contribution < 1.29 is 17.6 Å². The van der Waals surface area contributed by atoms with Crippen LogP contribution in [-0.2, 0) is 10.0 Å². The van der Waals surface area contributed by atoms with Crippen LogP contribution in [0, 0.1) is 5.82 Å². The van der Waals surface area contributed by atoms with E-state index in [1.165, 1.54) is 30.5 Å². The molecular weight excluding hydrogens is 445 g/mol. The van der Waals surface area contributed by atoms with Gasteiger partial charge in [0, 0.05) is 18.7 Å². The Morgan fingerprint density at radius 3 is 2.58 bits per heavy atom. The lowest BCUT2D eigenvalue weighted by Gasteiger charge is -2.13. The van der Waals surface area contributed by atoms with Crippen LogP contribution < -0.4 is 10.0 Å². The molecule has 4 rings (SSSR count). The van der Waals surface area contributed by atoms with Crippen LogP contribution in [0.2, 0.25) is 0 Å². The van der Waals surface area contributed by atoms with E-state index in [4.69, 9.17) is 0 Å². The second-order valence-electron chi connectivity index (χ2n) is 8.01. The number of sulfonamides is 1. The summed E-state index contributed by atoms with van der Waals surface area (Å²) >= 11 is 0. The molecule has 1 aliphatic heterocycles. The van der Waals surface area contributed by atoms with Crippen molar-refractivity contribution in [3.05, 3.63) is 71.8 Å². The van der Waals surface area contributed by atoms with E-state index in [9.17, 15) is 17.6 Å². The number of hydrogen-bond acceptors (Lipinski definition) is 5. The molecule has 172 valence electrons. The van der Waals surface area contributed by atoms with Gasteiger partial charge in [-0.05, 0) is 54.8 Å². The van der Waals surface area contributed by atoms with Gasteiger partial charge in [-0.2, -0.15) is 5.10 Å². The number of benzene rings is 2. The molecule has 2 N–H and O–H groups in total. The number of nitrogens with zero attached hydrogens (tertiary/aromatic N) is 3. The number of anilines is 1. The van der Waals surface area contributed by atoms with Crippen molar-refractivity contribution >= 4 is 27.5 Å². The Morgan fingerprint density at radius 2 is 1.91 bits per heavy atom. The minimum Gasteiger partial charge on any atom is -0.322 e. The topological polar surface area (TPSA) is 105 Å². The first kappa shape index (κ1) is 22.7. The Balaban J connectivity index is 1.59. The molecule has 0 atom stereocenters. The first-order chi connectivity index (χ1) is 15.7. The summed E-state index contributed by atoms with van der Waals surface area (Å²) in [5.41, 5.74) is 1.97. The third-order valence-corrected chi connectivity index (χ3v) is 6.58. The van der Waals surface area contributed by atoms with Crippen LogP contribution in [0.5, 0.6) is 0 Å². The van der Waals surface area contributed by atoms with Gasteiger partial charge in [0.2, 0.25) is 0 Å². The highest BCUT2D eigenvalue weighted by atomic mass is 32.2. The summed E-state index contributed by atoms with van der Waals surface area (Å²) in [4.78, 5) is 17.2. The number of nitrogens with one attached hydrogen (secondary N) is 2. The first-order valence-electron chi connectivity index (χ1n) is 10.6. The van der Waals surface area contributed by atoms with Crippen molar-refractivity contribution in [1.82, 2.24) is 14.5 Å². The number of amides is 1. The lowest BCUT2D eigenvalue weighted by atomic mass is 10.0. The van der Waals surface area contributed by atoms with Crippen molar-refractivity contribution in [2.24, 2.45) is 4.99 Å². The van der Waals surface area contributed by atoms with Crippen molar-refractivity contribution in [3.8, 4) is 5.69 Å². The van der Waals surface area contributed by atoms with Gasteiger partial charge in [-0.3, -0.25) is 14.5 Å². The quantitative estimate of drug-likeness (QED) is 0.572. The van der Waals surface area contributed by atoms with E-state index in [1.54, 1.807) is 28.9 Å². The number of carbonyl (C=O) groups is 1. The summed E-state index contributed by atoms with van der Waals surface area (Å²) in [6, 6.07) is 11.9. The molecule has 0 aliphatic carbocycles. The third-order valence-electron chi connectivity index (χ3n) is 5.20. The van der Waals surface area contributed by atoms with E-state index >= 15 is 0 Å². The fourth-order valence-corrected chi connectivity index (χ4v) is 4.79. The Morgan fingerprint density at radius 1 is 1.15 bits per heavy atom. The van der Waals surface area contributed by atoms with Crippen LogP contribution in [0.4, 0.5) is 10.1 Å². The molecule has 0 unspecified atom stereocenters. The van der Waals surface area contributed by atoms with Crippen molar-refractivity contribution in [2.75, 3.05) is 11.9 Å². The lowest BCUT2D eigenvalue weighted by molar-refractivity contribution is 0.102. The molecule has 0 bridgehead atoms. The predicted octanol–water partition coefficient (Wildman–Crippen LogP) is 3.86. The summed E-state index contributed by atoms with van der Waals surface area (Å²) in [5, 5.41) is 7.09. The number of aromatic nitrogens is 2. The standard InChI is InChI=1S/C23H24FN5O3S/c1-15(2)22-20(14-26-29(22)18-10-8-16(24)9-11-18)23(30)27-17-5-3-6-19(13-17)33(31,32)28-21-7-4-12-25-21/h3,5-6,8-11,13-15H,4,7,12H2,1-2H3,(H,25,28)(H,27,30). The Bertz CT molecular complexity index is 1310. The lowest BCUT2D eigenvalue weighted by Crippen LogP contribution is -2.29. The zero-order valence-electron chi connectivity index (χ0n) is 18.2. The monoisotopic (exact) mass is 469 g/mol. The van der Waals surface area contributed by atoms with Gasteiger partial charge in [0.15, 0.2) is 0 Å². The van der Waals surface area contributed by atoms with Crippen molar-refractivity contribution in [2.45, 2.75) is 37.5 Å². The predicted molar refractivity (Wildman–Crippen MR) is 124 cm³/mol. The Kier molecular flexibility index (Phi) is 6.28. The largest absolute Gasteiger partial charge is 0.322 e. The molecule has 8 nitrogen and oxygen atoms in total. The summed E-state index contributed by atoms with van der Waals surface area (Å²) in [7, 11) is -3.80. The number of amidine groups is 1. The average molecular weight is 470 g/mol. The SMILES string of the molecule is CC(C)c1c(C(=O)Nc2cccc(S(=O)(=O)NC3=NCCC3)c2)cnn1-c1ccc(F)cc1. The highest BCUT2D eigenvalue weighted by molar-refractivity contribution is 7.90. The molecule has 1 amide bonds. The van der Waals surface area contributed by atoms with Crippen LogP contribution in [0.25, 0.3) is 5.69 Å². The van der Waals surface area contributed by atoms with E-state index in [0.29, 0.717) is 41.4 Å². The van der Waals surface area contributed by atoms with Gasteiger partial charge in [-0.15, -0.1) is 0 Å².